The van der Waals surface area contributed by atoms with E-state index < -0.39 is 0 Å². The van der Waals surface area contributed by atoms with Gasteiger partial charge in [-0.05, 0) is 30.4 Å². The molecule has 28 heavy (non-hydrogen) atoms. The number of esters is 1. The number of allylic oxidation sites excluding steroid dienone is 2. The van der Waals surface area contributed by atoms with Gasteiger partial charge >= 0.3 is 5.97 Å². The largest absolute Gasteiger partial charge is 0.479 e. The Morgan fingerprint density at radius 3 is 2.61 bits per heavy atom. The van der Waals surface area contributed by atoms with E-state index in [0.717, 1.165) is 12.0 Å². The van der Waals surface area contributed by atoms with Crippen molar-refractivity contribution >= 4 is 34.4 Å². The quantitative estimate of drug-likeness (QED) is 0.364. The summed E-state index contributed by atoms with van der Waals surface area (Å²) in [5, 5.41) is 0. The number of hydrogen-bond donors (Lipinski definition) is 0. The Balaban J connectivity index is 0.00000190. The Kier molecular flexibility index (Phi) is 13.0. The lowest BCUT2D eigenvalue weighted by Gasteiger charge is -2.27. The summed E-state index contributed by atoms with van der Waals surface area (Å²) in [5.74, 6) is 0.426. The van der Waals surface area contributed by atoms with Crippen molar-refractivity contribution in [3.63, 3.8) is 0 Å². The van der Waals surface area contributed by atoms with Crippen LogP contribution in [0.1, 0.15) is 42.1 Å². The number of fused-ring (bicyclic) bond motifs is 1. The molecule has 1 aliphatic rings. The van der Waals surface area contributed by atoms with Gasteiger partial charge in [0.15, 0.2) is 0 Å². The van der Waals surface area contributed by atoms with Crippen LogP contribution in [-0.4, -0.2) is 32.0 Å². The van der Waals surface area contributed by atoms with Gasteiger partial charge in [-0.15, -0.1) is 0 Å². The van der Waals surface area contributed by atoms with Gasteiger partial charge < -0.3 is 18.3 Å². The summed E-state index contributed by atoms with van der Waals surface area (Å²) in [6.45, 7) is 2.62. The molecule has 0 amide bonds. The number of alkyl halides is 1. The van der Waals surface area contributed by atoms with Crippen molar-refractivity contribution in [2.75, 3.05) is 13.8 Å². The molecule has 1 aliphatic heterocycles. The van der Waals surface area contributed by atoms with E-state index in [-0.39, 0.29) is 18.2 Å². The Labute approximate surface area is 174 Å². The van der Waals surface area contributed by atoms with Gasteiger partial charge in [0.05, 0.1) is 29.4 Å². The molecule has 4 unspecified atom stereocenters. The van der Waals surface area contributed by atoms with Crippen molar-refractivity contribution in [1.29, 1.82) is 0 Å². The zero-order chi connectivity index (χ0) is 20.9. The molecule has 5 nitrogen and oxygen atoms in total. The van der Waals surface area contributed by atoms with E-state index in [0.29, 0.717) is 50.3 Å². The first-order valence-corrected chi connectivity index (χ1v) is 10.4. The Morgan fingerprint density at radius 2 is 1.96 bits per heavy atom. The molecular formula is C19H30FO5P3. The molecule has 9 heteroatoms. The zero-order valence-corrected chi connectivity index (χ0v) is 19.8. The molecule has 0 N–H and O–H groups in total. The first-order chi connectivity index (χ1) is 13.6. The average molecular weight is 450 g/mol. The molecule has 0 radical (unpaired) electrons. The molecule has 0 spiro atoms. The minimum Gasteiger partial charge on any atom is -0.479 e. The van der Waals surface area contributed by atoms with E-state index in [4.69, 9.17) is 18.3 Å². The van der Waals surface area contributed by atoms with E-state index in [9.17, 15) is 9.18 Å². The van der Waals surface area contributed by atoms with Gasteiger partial charge in [0.25, 0.3) is 0 Å². The third kappa shape index (κ3) is 7.65. The molecule has 0 aromatic heterocycles. The maximum Gasteiger partial charge on any atom is 0.342 e. The Morgan fingerprint density at radius 1 is 1.21 bits per heavy atom. The highest BCUT2D eigenvalue weighted by Gasteiger charge is 2.27. The van der Waals surface area contributed by atoms with Crippen LogP contribution in [0.4, 0.5) is 4.39 Å². The number of carbonyl (C=O) groups excluding carboxylic acids is 1. The number of hydrogen-bond acceptors (Lipinski definition) is 5. The molecule has 158 valence electrons. The van der Waals surface area contributed by atoms with Crippen LogP contribution in [0.15, 0.2) is 30.4 Å². The molecule has 2 rings (SSSR count). The summed E-state index contributed by atoms with van der Waals surface area (Å²) in [5.41, 5.74) is 1.36. The molecule has 6 atom stereocenters. The first kappa shape index (κ1) is 25.4. The smallest absolute Gasteiger partial charge is 0.342 e. The van der Waals surface area contributed by atoms with Gasteiger partial charge in [0, 0.05) is 31.8 Å². The van der Waals surface area contributed by atoms with Crippen molar-refractivity contribution in [2.45, 2.75) is 44.8 Å². The lowest BCUT2D eigenvalue weighted by molar-refractivity contribution is 0.00815. The second-order valence-electron chi connectivity index (χ2n) is 6.39. The predicted octanol–water partition coefficient (Wildman–Crippen LogP) is 4.87. The maximum atomic E-state index is 12.9. The highest BCUT2D eigenvalue weighted by Crippen LogP contribution is 2.29. The van der Waals surface area contributed by atoms with Crippen molar-refractivity contribution in [3.05, 3.63) is 41.5 Å². The van der Waals surface area contributed by atoms with Gasteiger partial charge in [-0.2, -0.15) is 0 Å². The molecule has 1 heterocycles. The second kappa shape index (κ2) is 14.4. The fourth-order valence-corrected chi connectivity index (χ4v) is 3.78. The first-order valence-electron chi connectivity index (χ1n) is 9.00. The minimum absolute atomic E-state index is 0.0286. The lowest BCUT2D eigenvalue weighted by atomic mass is 9.94. The van der Waals surface area contributed by atoms with Crippen LogP contribution in [0.3, 0.4) is 0 Å². The number of cyclic esters (lactones) is 1. The molecule has 1 aromatic rings. The summed E-state index contributed by atoms with van der Waals surface area (Å²) in [6, 6.07) is 5.57. The van der Waals surface area contributed by atoms with Crippen molar-refractivity contribution in [3.8, 4) is 5.75 Å². The summed E-state index contributed by atoms with van der Waals surface area (Å²) in [6.07, 6.45) is 6.64. The Hall–Kier alpha value is -0.630. The van der Waals surface area contributed by atoms with Crippen LogP contribution in [0.5, 0.6) is 5.75 Å². The van der Waals surface area contributed by atoms with Gasteiger partial charge in [-0.1, -0.05) is 31.2 Å². The summed E-state index contributed by atoms with van der Waals surface area (Å²) in [4.78, 5) is 12.9. The van der Waals surface area contributed by atoms with E-state index in [1.807, 2.05) is 12.1 Å². The third-order valence-electron chi connectivity index (χ3n) is 4.59. The van der Waals surface area contributed by atoms with Crippen LogP contribution in [0.2, 0.25) is 0 Å². The van der Waals surface area contributed by atoms with Crippen LogP contribution in [-0.2, 0) is 20.2 Å². The predicted molar refractivity (Wildman–Crippen MR) is 119 cm³/mol. The van der Waals surface area contributed by atoms with Crippen LogP contribution < -0.4 is 4.52 Å². The maximum absolute atomic E-state index is 12.9. The fraction of sp³-hybridized carbons (Fsp3) is 0.526. The fourth-order valence-electron chi connectivity index (χ4n) is 3.07. The molecule has 1 aromatic carbocycles. The van der Waals surface area contributed by atoms with E-state index in [1.54, 1.807) is 6.07 Å². The Bertz CT molecular complexity index is 630. The van der Waals surface area contributed by atoms with Crippen LogP contribution in [0, 0.1) is 5.92 Å². The van der Waals surface area contributed by atoms with Crippen molar-refractivity contribution < 1.29 is 27.5 Å². The number of halogens is 1. The van der Waals surface area contributed by atoms with Crippen LogP contribution >= 0.6 is 28.4 Å². The highest BCUT2D eigenvalue weighted by atomic mass is 31.0. The molecular weight excluding hydrogens is 420 g/mol. The molecule has 0 aliphatic carbocycles. The van der Waals surface area contributed by atoms with Crippen LogP contribution in [0.25, 0.3) is 0 Å². The third-order valence-corrected chi connectivity index (χ3v) is 5.43. The average Bonchev–Trinajstić information content (AvgIpc) is 2.73. The van der Waals surface area contributed by atoms with Crippen molar-refractivity contribution in [1.82, 2.24) is 0 Å². The molecule has 0 bridgehead atoms. The number of rotatable bonds is 5. The van der Waals surface area contributed by atoms with Gasteiger partial charge in [0.1, 0.15) is 17.4 Å². The van der Waals surface area contributed by atoms with Crippen molar-refractivity contribution in [2.24, 2.45) is 5.92 Å². The summed E-state index contributed by atoms with van der Waals surface area (Å²) < 4.78 is 31.4. The summed E-state index contributed by atoms with van der Waals surface area (Å²) >= 11 is 0. The molecule has 0 saturated heterocycles. The minimum atomic E-state index is -0.379. The van der Waals surface area contributed by atoms with Gasteiger partial charge in [0.2, 0.25) is 0 Å². The standard InChI is InChI=1S/C18H27O5P3.CH3F/c1-12-5-2-3-6-13-7-4-8-15(22-25)17(13)18(19)21-14(9-10-20-24)11-16(12)23-26;1-2/h2-4,7-8,12,14,16H,5-6,9-11,24-26H2,1H3;1H3/b3-2+;/t12-,14?,16+;/m0./s1. The van der Waals surface area contributed by atoms with E-state index >= 15 is 0 Å². The summed E-state index contributed by atoms with van der Waals surface area (Å²) in [7, 11) is 7.26. The lowest BCUT2D eigenvalue weighted by Crippen LogP contribution is -2.29. The van der Waals surface area contributed by atoms with Gasteiger partial charge in [-0.25, -0.2) is 4.79 Å². The second-order valence-corrected chi connectivity index (χ2v) is 7.23. The normalized spacial score (nSPS) is 23.8. The number of benzene rings is 1. The zero-order valence-electron chi connectivity index (χ0n) is 16.3. The topological polar surface area (TPSA) is 54.0 Å². The van der Waals surface area contributed by atoms with E-state index in [1.165, 1.54) is 0 Å². The van der Waals surface area contributed by atoms with E-state index in [2.05, 4.69) is 47.5 Å². The van der Waals surface area contributed by atoms with Gasteiger partial charge in [-0.3, -0.25) is 4.39 Å². The number of ether oxygens (including phenoxy) is 1. The monoisotopic (exact) mass is 450 g/mol. The molecule has 0 fully saturated rings. The number of carbonyl (C=O) groups is 1. The SMILES string of the molecule is CF.C[C@H]1C/C=C/Cc2cccc(OP)c2C(=O)OC(CCOP)C[C@H]1OP. The highest BCUT2D eigenvalue weighted by molar-refractivity contribution is 7.10. The molecule has 0 saturated carbocycles.